The van der Waals surface area contributed by atoms with Crippen molar-refractivity contribution in [2.45, 2.75) is 13.0 Å². The third-order valence-electron chi connectivity index (χ3n) is 2.10. The molecule has 0 spiro atoms. The maximum Gasteiger partial charge on any atom is 0.0964 e. The van der Waals surface area contributed by atoms with Crippen LogP contribution in [0, 0.1) is 0 Å². The molecule has 0 aliphatic heterocycles. The molecule has 4 heteroatoms. The minimum absolute atomic E-state index is 0.385. The fraction of sp³-hybridized carbons (Fsp3) is 0.273. The summed E-state index contributed by atoms with van der Waals surface area (Å²) in [6.45, 7) is 2.23. The van der Waals surface area contributed by atoms with Crippen molar-refractivity contribution in [2.24, 2.45) is 0 Å². The summed E-state index contributed by atoms with van der Waals surface area (Å²) in [4.78, 5) is 8.38. The average Bonchev–Trinajstić information content (AvgIpc) is 2.26. The van der Waals surface area contributed by atoms with Gasteiger partial charge in [0.15, 0.2) is 0 Å². The van der Waals surface area contributed by atoms with Crippen molar-refractivity contribution >= 4 is 16.6 Å². The van der Waals surface area contributed by atoms with Crippen LogP contribution in [0.5, 0.6) is 0 Å². The number of nitrogens with one attached hydrogen (secondary N) is 1. The quantitative estimate of drug-likeness (QED) is 0.792. The van der Waals surface area contributed by atoms with Crippen LogP contribution in [-0.2, 0) is 0 Å². The van der Waals surface area contributed by atoms with Crippen LogP contribution in [0.1, 0.15) is 6.92 Å². The van der Waals surface area contributed by atoms with Gasteiger partial charge in [-0.1, -0.05) is 0 Å². The predicted molar refractivity (Wildman–Crippen MR) is 59.7 cm³/mol. The van der Waals surface area contributed by atoms with Crippen LogP contribution >= 0.6 is 0 Å². The highest BCUT2D eigenvalue weighted by Gasteiger charge is 2.02. The van der Waals surface area contributed by atoms with E-state index in [0.29, 0.717) is 6.54 Å². The summed E-state index contributed by atoms with van der Waals surface area (Å²) in [5, 5.41) is 13.3. The first-order valence-electron chi connectivity index (χ1n) is 4.88. The Balaban J connectivity index is 2.34. The fourth-order valence-electron chi connectivity index (χ4n) is 1.39. The number of aliphatic hydroxyl groups excluding tert-OH is 1. The molecule has 0 amide bonds. The van der Waals surface area contributed by atoms with Gasteiger partial charge in [0.25, 0.3) is 0 Å². The lowest BCUT2D eigenvalue weighted by molar-refractivity contribution is 0.208. The molecule has 0 bridgehead atoms. The van der Waals surface area contributed by atoms with Crippen molar-refractivity contribution < 1.29 is 5.11 Å². The van der Waals surface area contributed by atoms with Gasteiger partial charge in [-0.25, -0.2) is 0 Å². The summed E-state index contributed by atoms with van der Waals surface area (Å²) in [5.74, 6) is 0. The third kappa shape index (κ3) is 2.22. The standard InChI is InChI=1S/C11H13N3O/c1-8(15)5-14-10-7-12-6-9-3-2-4-13-11(9)10/h2-4,6-8,14-15H,5H2,1H3. The molecular weight excluding hydrogens is 190 g/mol. The van der Waals surface area contributed by atoms with Crippen molar-refractivity contribution in [1.82, 2.24) is 9.97 Å². The smallest absolute Gasteiger partial charge is 0.0964 e. The van der Waals surface area contributed by atoms with Gasteiger partial charge in [0, 0.05) is 24.3 Å². The molecule has 0 aliphatic carbocycles. The molecule has 2 N–H and O–H groups in total. The van der Waals surface area contributed by atoms with Crippen molar-refractivity contribution in [3.8, 4) is 0 Å². The van der Waals surface area contributed by atoms with Gasteiger partial charge in [-0.05, 0) is 19.1 Å². The normalized spacial score (nSPS) is 12.7. The Labute approximate surface area is 88.0 Å². The Morgan fingerprint density at radius 2 is 2.33 bits per heavy atom. The Kier molecular flexibility index (Phi) is 2.78. The van der Waals surface area contributed by atoms with Crippen LogP contribution in [-0.4, -0.2) is 27.7 Å². The van der Waals surface area contributed by atoms with Crippen molar-refractivity contribution in [3.05, 3.63) is 30.7 Å². The Hall–Kier alpha value is -1.68. The van der Waals surface area contributed by atoms with Gasteiger partial charge >= 0.3 is 0 Å². The van der Waals surface area contributed by atoms with Gasteiger partial charge < -0.3 is 10.4 Å². The summed E-state index contributed by atoms with van der Waals surface area (Å²) in [5.41, 5.74) is 1.74. The number of anilines is 1. The van der Waals surface area contributed by atoms with Gasteiger partial charge in [-0.3, -0.25) is 9.97 Å². The zero-order valence-corrected chi connectivity index (χ0v) is 8.51. The largest absolute Gasteiger partial charge is 0.392 e. The highest BCUT2D eigenvalue weighted by atomic mass is 16.3. The van der Waals surface area contributed by atoms with E-state index in [1.54, 1.807) is 25.5 Å². The number of rotatable bonds is 3. The second kappa shape index (κ2) is 4.23. The van der Waals surface area contributed by atoms with Crippen molar-refractivity contribution in [2.75, 3.05) is 11.9 Å². The molecule has 2 rings (SSSR count). The fourth-order valence-corrected chi connectivity index (χ4v) is 1.39. The molecule has 2 aromatic rings. The Morgan fingerprint density at radius 1 is 1.47 bits per heavy atom. The molecule has 0 saturated carbocycles. The van der Waals surface area contributed by atoms with E-state index in [0.717, 1.165) is 16.6 Å². The van der Waals surface area contributed by atoms with E-state index in [1.165, 1.54) is 0 Å². The molecule has 2 heterocycles. The van der Waals surface area contributed by atoms with Crippen LogP contribution in [0.15, 0.2) is 30.7 Å². The number of nitrogens with zero attached hydrogens (tertiary/aromatic N) is 2. The summed E-state index contributed by atoms with van der Waals surface area (Å²) in [7, 11) is 0. The van der Waals surface area contributed by atoms with Gasteiger partial charge in [0.05, 0.1) is 23.5 Å². The molecule has 0 radical (unpaired) electrons. The second-order valence-electron chi connectivity index (χ2n) is 3.49. The zero-order chi connectivity index (χ0) is 10.7. The summed E-state index contributed by atoms with van der Waals surface area (Å²) >= 11 is 0. The first-order chi connectivity index (χ1) is 7.27. The second-order valence-corrected chi connectivity index (χ2v) is 3.49. The lowest BCUT2D eigenvalue weighted by atomic mass is 10.2. The average molecular weight is 203 g/mol. The molecule has 0 aromatic carbocycles. The van der Waals surface area contributed by atoms with Crippen LogP contribution in [0.3, 0.4) is 0 Å². The Bertz CT molecular complexity index is 451. The number of pyridine rings is 2. The molecular formula is C11H13N3O. The maximum atomic E-state index is 9.18. The lowest BCUT2D eigenvalue weighted by Gasteiger charge is -2.09. The molecule has 78 valence electrons. The number of hydrogen-bond acceptors (Lipinski definition) is 4. The van der Waals surface area contributed by atoms with Crippen LogP contribution < -0.4 is 5.32 Å². The zero-order valence-electron chi connectivity index (χ0n) is 8.51. The minimum Gasteiger partial charge on any atom is -0.392 e. The molecule has 2 aromatic heterocycles. The van der Waals surface area contributed by atoms with Gasteiger partial charge in [-0.15, -0.1) is 0 Å². The van der Waals surface area contributed by atoms with E-state index in [1.807, 2.05) is 12.1 Å². The first kappa shape index (κ1) is 9.86. The monoisotopic (exact) mass is 203 g/mol. The molecule has 4 nitrogen and oxygen atoms in total. The van der Waals surface area contributed by atoms with Gasteiger partial charge in [-0.2, -0.15) is 0 Å². The van der Waals surface area contributed by atoms with Crippen LogP contribution in [0.2, 0.25) is 0 Å². The van der Waals surface area contributed by atoms with E-state index < -0.39 is 0 Å². The van der Waals surface area contributed by atoms with Crippen LogP contribution in [0.4, 0.5) is 5.69 Å². The molecule has 15 heavy (non-hydrogen) atoms. The highest BCUT2D eigenvalue weighted by molar-refractivity contribution is 5.88. The van der Waals surface area contributed by atoms with Gasteiger partial charge in [0.1, 0.15) is 0 Å². The highest BCUT2D eigenvalue weighted by Crippen LogP contribution is 2.18. The SMILES string of the molecule is CC(O)CNc1cncc2cccnc12. The van der Waals surface area contributed by atoms with E-state index in [9.17, 15) is 5.11 Å². The summed E-state index contributed by atoms with van der Waals surface area (Å²) in [6.07, 6.45) is 4.85. The van der Waals surface area contributed by atoms with Crippen LogP contribution in [0.25, 0.3) is 10.9 Å². The van der Waals surface area contributed by atoms with E-state index >= 15 is 0 Å². The molecule has 0 aliphatic rings. The maximum absolute atomic E-state index is 9.18. The third-order valence-corrected chi connectivity index (χ3v) is 2.10. The molecule has 1 unspecified atom stereocenters. The minimum atomic E-state index is -0.385. The first-order valence-corrected chi connectivity index (χ1v) is 4.88. The van der Waals surface area contributed by atoms with E-state index in [2.05, 4.69) is 15.3 Å². The van der Waals surface area contributed by atoms with Crippen molar-refractivity contribution in [3.63, 3.8) is 0 Å². The Morgan fingerprint density at radius 3 is 3.13 bits per heavy atom. The number of hydrogen-bond donors (Lipinski definition) is 2. The van der Waals surface area contributed by atoms with E-state index in [4.69, 9.17) is 0 Å². The van der Waals surface area contributed by atoms with Crippen molar-refractivity contribution in [1.29, 1.82) is 0 Å². The number of aromatic nitrogens is 2. The number of aliphatic hydroxyl groups is 1. The molecule has 0 fully saturated rings. The molecule has 0 saturated heterocycles. The summed E-state index contributed by atoms with van der Waals surface area (Å²) in [6, 6.07) is 3.84. The lowest BCUT2D eigenvalue weighted by Crippen LogP contribution is -2.15. The predicted octanol–water partition coefficient (Wildman–Crippen LogP) is 1.42. The number of fused-ring (bicyclic) bond motifs is 1. The van der Waals surface area contributed by atoms with Gasteiger partial charge in [0.2, 0.25) is 0 Å². The topological polar surface area (TPSA) is 58.0 Å². The summed E-state index contributed by atoms with van der Waals surface area (Å²) < 4.78 is 0. The van der Waals surface area contributed by atoms with E-state index in [-0.39, 0.29) is 6.10 Å². The molecule has 1 atom stereocenters.